The topological polar surface area (TPSA) is 69.0 Å². The first-order chi connectivity index (χ1) is 10.2. The number of benzene rings is 1. The fraction of sp³-hybridized carbons (Fsp3) is 0.214. The van der Waals surface area contributed by atoms with Gasteiger partial charge in [0.15, 0.2) is 0 Å². The van der Waals surface area contributed by atoms with Crippen LogP contribution in [0.15, 0.2) is 42.4 Å². The Bertz CT molecular complexity index is 693. The molecule has 0 bridgehead atoms. The fourth-order valence-corrected chi connectivity index (χ4v) is 2.37. The zero-order chi connectivity index (χ0) is 14.8. The maximum atomic E-state index is 12.2. The van der Waals surface area contributed by atoms with Gasteiger partial charge in [-0.2, -0.15) is 10.1 Å². The van der Waals surface area contributed by atoms with Gasteiger partial charge in [-0.1, -0.05) is 23.7 Å². The molecule has 1 aliphatic heterocycles. The van der Waals surface area contributed by atoms with Crippen LogP contribution in [-0.4, -0.2) is 27.3 Å². The molecule has 3 rings (SSSR count). The van der Waals surface area contributed by atoms with Gasteiger partial charge in [-0.25, -0.2) is 9.48 Å². The van der Waals surface area contributed by atoms with Crippen molar-refractivity contribution in [2.75, 3.05) is 11.9 Å². The summed E-state index contributed by atoms with van der Waals surface area (Å²) in [5.41, 5.74) is 1.35. The number of anilines is 1. The molecule has 0 amide bonds. The highest BCUT2D eigenvalue weighted by Crippen LogP contribution is 2.32. The number of fused-ring (bicyclic) bond motifs is 1. The summed E-state index contributed by atoms with van der Waals surface area (Å²) in [7, 11) is 0. The lowest BCUT2D eigenvalue weighted by Crippen LogP contribution is -2.27. The van der Waals surface area contributed by atoms with Crippen molar-refractivity contribution in [2.45, 2.75) is 13.0 Å². The predicted molar refractivity (Wildman–Crippen MR) is 78.0 cm³/mol. The molecule has 2 aromatic rings. The van der Waals surface area contributed by atoms with E-state index in [4.69, 9.17) is 16.3 Å². The molecule has 6 nitrogen and oxygen atoms in total. The zero-order valence-electron chi connectivity index (χ0n) is 11.3. The Kier molecular flexibility index (Phi) is 3.62. The average molecular weight is 305 g/mol. The standard InChI is InChI=1S/C14H13ClN4O2/c1-2-21-13(20)11-7-16-14-17-8-18-19(14)12(11)9-3-5-10(15)6-4-9/h3-8,12H,2H2,1H3,(H,16,17,18)/t12-/m1/s1. The highest BCUT2D eigenvalue weighted by atomic mass is 35.5. The third-order valence-electron chi connectivity index (χ3n) is 3.17. The number of hydrogen-bond donors (Lipinski definition) is 1. The zero-order valence-corrected chi connectivity index (χ0v) is 12.0. The highest BCUT2D eigenvalue weighted by Gasteiger charge is 2.31. The summed E-state index contributed by atoms with van der Waals surface area (Å²) in [6.07, 6.45) is 3.05. The molecular formula is C14H13ClN4O2. The van der Waals surface area contributed by atoms with Crippen molar-refractivity contribution in [3.05, 3.63) is 53.0 Å². The van der Waals surface area contributed by atoms with Crippen LogP contribution in [-0.2, 0) is 9.53 Å². The second kappa shape index (κ2) is 5.57. The molecule has 0 aliphatic carbocycles. The molecule has 0 saturated heterocycles. The molecule has 1 N–H and O–H groups in total. The maximum absolute atomic E-state index is 12.2. The second-order valence-corrected chi connectivity index (χ2v) is 4.88. The van der Waals surface area contributed by atoms with Gasteiger partial charge in [0.2, 0.25) is 5.95 Å². The van der Waals surface area contributed by atoms with Gasteiger partial charge in [0, 0.05) is 11.2 Å². The smallest absolute Gasteiger partial charge is 0.338 e. The third kappa shape index (κ3) is 2.50. The van der Waals surface area contributed by atoms with E-state index in [0.717, 1.165) is 5.56 Å². The summed E-state index contributed by atoms with van der Waals surface area (Å²) in [4.78, 5) is 16.3. The van der Waals surface area contributed by atoms with Gasteiger partial charge >= 0.3 is 5.97 Å². The maximum Gasteiger partial charge on any atom is 0.338 e. The van der Waals surface area contributed by atoms with Crippen LogP contribution < -0.4 is 5.32 Å². The van der Waals surface area contributed by atoms with Crippen LogP contribution in [0.3, 0.4) is 0 Å². The van der Waals surface area contributed by atoms with E-state index in [-0.39, 0.29) is 12.0 Å². The number of halogens is 1. The number of esters is 1. The van der Waals surface area contributed by atoms with E-state index in [0.29, 0.717) is 23.2 Å². The first-order valence-corrected chi connectivity index (χ1v) is 6.87. The largest absolute Gasteiger partial charge is 0.463 e. The summed E-state index contributed by atoms with van der Waals surface area (Å²) in [5.74, 6) is 0.189. The van der Waals surface area contributed by atoms with Gasteiger partial charge in [0.25, 0.3) is 0 Å². The Morgan fingerprint density at radius 1 is 1.43 bits per heavy atom. The van der Waals surface area contributed by atoms with Crippen LogP contribution in [0.5, 0.6) is 0 Å². The molecule has 2 heterocycles. The van der Waals surface area contributed by atoms with Crippen molar-refractivity contribution < 1.29 is 9.53 Å². The highest BCUT2D eigenvalue weighted by molar-refractivity contribution is 6.30. The number of ether oxygens (including phenoxy) is 1. The molecule has 1 aromatic carbocycles. The molecule has 1 aliphatic rings. The lowest BCUT2D eigenvalue weighted by Gasteiger charge is -2.25. The summed E-state index contributed by atoms with van der Waals surface area (Å²) in [5, 5.41) is 7.77. The summed E-state index contributed by atoms with van der Waals surface area (Å²) in [6, 6.07) is 6.88. The number of nitrogens with one attached hydrogen (secondary N) is 1. The normalized spacial score (nSPS) is 16.7. The van der Waals surface area contributed by atoms with Gasteiger partial charge in [-0.3, -0.25) is 0 Å². The molecule has 1 aromatic heterocycles. The molecule has 108 valence electrons. The number of carbonyl (C=O) groups excluding carboxylic acids is 1. The summed E-state index contributed by atoms with van der Waals surface area (Å²) >= 11 is 5.93. The van der Waals surface area contributed by atoms with Gasteiger partial charge in [-0.05, 0) is 24.6 Å². The van der Waals surface area contributed by atoms with Crippen LogP contribution in [0.2, 0.25) is 5.02 Å². The van der Waals surface area contributed by atoms with Crippen molar-refractivity contribution >= 4 is 23.5 Å². The van der Waals surface area contributed by atoms with E-state index in [1.165, 1.54) is 6.33 Å². The van der Waals surface area contributed by atoms with E-state index in [1.807, 2.05) is 12.1 Å². The molecule has 1 atom stereocenters. The first kappa shape index (κ1) is 13.6. The van der Waals surface area contributed by atoms with Gasteiger partial charge in [0.05, 0.1) is 12.2 Å². The summed E-state index contributed by atoms with van der Waals surface area (Å²) in [6.45, 7) is 2.08. The van der Waals surface area contributed by atoms with Gasteiger partial charge < -0.3 is 10.1 Å². The molecule has 0 saturated carbocycles. The van der Waals surface area contributed by atoms with Crippen LogP contribution in [0.1, 0.15) is 18.5 Å². The Balaban J connectivity index is 2.05. The van der Waals surface area contributed by atoms with Crippen LogP contribution >= 0.6 is 11.6 Å². The number of nitrogens with zero attached hydrogens (tertiary/aromatic N) is 3. The first-order valence-electron chi connectivity index (χ1n) is 6.49. The summed E-state index contributed by atoms with van der Waals surface area (Å²) < 4.78 is 6.76. The van der Waals surface area contributed by atoms with E-state index in [2.05, 4.69) is 15.4 Å². The Morgan fingerprint density at radius 2 is 2.19 bits per heavy atom. The van der Waals surface area contributed by atoms with Crippen molar-refractivity contribution in [1.29, 1.82) is 0 Å². The molecule has 0 radical (unpaired) electrons. The number of rotatable bonds is 3. The van der Waals surface area contributed by atoms with Crippen molar-refractivity contribution in [3.63, 3.8) is 0 Å². The Labute approximate surface area is 126 Å². The van der Waals surface area contributed by atoms with Crippen molar-refractivity contribution in [2.24, 2.45) is 0 Å². The molecular weight excluding hydrogens is 292 g/mol. The SMILES string of the molecule is CCOC(=O)C1=CNc2ncnn2[C@@H]1c1ccc(Cl)cc1. The number of aromatic nitrogens is 3. The minimum absolute atomic E-state index is 0.313. The van der Waals surface area contributed by atoms with Crippen LogP contribution in [0, 0.1) is 0 Å². The lowest BCUT2D eigenvalue weighted by molar-refractivity contribution is -0.139. The van der Waals surface area contributed by atoms with Gasteiger partial charge in [-0.15, -0.1) is 0 Å². The predicted octanol–water partition coefficient (Wildman–Crippen LogP) is 2.39. The third-order valence-corrected chi connectivity index (χ3v) is 3.42. The molecule has 0 unspecified atom stereocenters. The quantitative estimate of drug-likeness (QED) is 0.882. The second-order valence-electron chi connectivity index (χ2n) is 4.45. The molecule has 21 heavy (non-hydrogen) atoms. The monoisotopic (exact) mass is 304 g/mol. The van der Waals surface area contributed by atoms with Crippen molar-refractivity contribution in [1.82, 2.24) is 14.8 Å². The van der Waals surface area contributed by atoms with E-state index >= 15 is 0 Å². The number of hydrogen-bond acceptors (Lipinski definition) is 5. The Morgan fingerprint density at radius 3 is 2.90 bits per heavy atom. The minimum atomic E-state index is -0.389. The molecule has 7 heteroatoms. The minimum Gasteiger partial charge on any atom is -0.463 e. The van der Waals surface area contributed by atoms with E-state index < -0.39 is 0 Å². The molecule has 0 fully saturated rings. The number of carbonyl (C=O) groups is 1. The van der Waals surface area contributed by atoms with E-state index in [1.54, 1.807) is 29.9 Å². The van der Waals surface area contributed by atoms with Crippen molar-refractivity contribution in [3.8, 4) is 0 Å². The average Bonchev–Trinajstić information content (AvgIpc) is 2.96. The van der Waals surface area contributed by atoms with E-state index in [9.17, 15) is 4.79 Å². The Hall–Kier alpha value is -2.34. The van der Waals surface area contributed by atoms with Gasteiger partial charge in [0.1, 0.15) is 12.4 Å². The fourth-order valence-electron chi connectivity index (χ4n) is 2.25. The lowest BCUT2D eigenvalue weighted by atomic mass is 9.98. The van der Waals surface area contributed by atoms with Crippen LogP contribution in [0.25, 0.3) is 0 Å². The molecule has 0 spiro atoms. The van der Waals surface area contributed by atoms with Crippen LogP contribution in [0.4, 0.5) is 5.95 Å².